The van der Waals surface area contributed by atoms with Gasteiger partial charge in [0.1, 0.15) is 0 Å². The molecule has 2 saturated heterocycles. The van der Waals surface area contributed by atoms with E-state index in [0.717, 1.165) is 57.5 Å². The van der Waals surface area contributed by atoms with Crippen LogP contribution in [0.2, 0.25) is 0 Å². The highest BCUT2D eigenvalue weighted by molar-refractivity contribution is 5.92. The van der Waals surface area contributed by atoms with Gasteiger partial charge in [-0.25, -0.2) is 4.79 Å². The number of benzene rings is 4. The first-order chi connectivity index (χ1) is 19.2. The van der Waals surface area contributed by atoms with Crippen LogP contribution in [0.4, 0.5) is 11.4 Å². The van der Waals surface area contributed by atoms with Gasteiger partial charge >= 0.3 is 5.97 Å². The first kappa shape index (κ1) is 25.2. The number of carbonyl (C=O) groups is 1. The number of hydrogen-bond acceptors (Lipinski definition) is 4. The largest absolute Gasteiger partial charge is 0.421 e. The second-order valence-corrected chi connectivity index (χ2v) is 10.8. The molecule has 4 heteroatoms. The molecule has 39 heavy (non-hydrogen) atoms. The highest BCUT2D eigenvalue weighted by Gasteiger charge is 2.26. The van der Waals surface area contributed by atoms with Crippen LogP contribution in [-0.2, 0) is 0 Å². The van der Waals surface area contributed by atoms with E-state index in [-0.39, 0.29) is 5.97 Å². The Kier molecular flexibility index (Phi) is 7.62. The Morgan fingerprint density at radius 3 is 1.62 bits per heavy atom. The first-order valence-electron chi connectivity index (χ1n) is 14.3. The molecule has 0 bridgehead atoms. The van der Waals surface area contributed by atoms with Gasteiger partial charge in [0.2, 0.25) is 0 Å². The SMILES string of the molecule is O=C(Oc1ccc(N2CCC(c3ccccc3)CC2)cc1N1CCC(c2ccccc2)CC1)c1ccccc1. The summed E-state index contributed by atoms with van der Waals surface area (Å²) in [5, 5.41) is 0. The van der Waals surface area contributed by atoms with Crippen molar-refractivity contribution >= 4 is 17.3 Å². The summed E-state index contributed by atoms with van der Waals surface area (Å²) in [6.45, 7) is 3.93. The fourth-order valence-electron chi connectivity index (χ4n) is 6.14. The normalized spacial score (nSPS) is 16.7. The monoisotopic (exact) mass is 516 g/mol. The van der Waals surface area contributed by atoms with Crippen LogP contribution in [0.25, 0.3) is 0 Å². The molecule has 4 aromatic carbocycles. The Bertz CT molecular complexity index is 1360. The number of carbonyl (C=O) groups excluding carboxylic acids is 1. The van der Waals surface area contributed by atoms with E-state index in [9.17, 15) is 4.79 Å². The molecule has 2 aliphatic heterocycles. The maximum absolute atomic E-state index is 13.0. The molecule has 2 heterocycles. The minimum Gasteiger partial charge on any atom is -0.421 e. The lowest BCUT2D eigenvalue weighted by atomic mass is 9.89. The molecule has 4 aromatic rings. The predicted molar refractivity (Wildman–Crippen MR) is 159 cm³/mol. The van der Waals surface area contributed by atoms with Gasteiger partial charge in [-0.3, -0.25) is 0 Å². The summed E-state index contributed by atoms with van der Waals surface area (Å²) in [4.78, 5) is 17.9. The molecular formula is C35H36N2O2. The number of piperidine rings is 2. The van der Waals surface area contributed by atoms with E-state index in [1.54, 1.807) is 12.1 Å². The first-order valence-corrected chi connectivity index (χ1v) is 14.3. The van der Waals surface area contributed by atoms with E-state index in [1.165, 1.54) is 16.8 Å². The fourth-order valence-corrected chi connectivity index (χ4v) is 6.14. The van der Waals surface area contributed by atoms with Crippen molar-refractivity contribution in [3.8, 4) is 5.75 Å². The van der Waals surface area contributed by atoms with Crippen molar-refractivity contribution in [3.63, 3.8) is 0 Å². The molecular weight excluding hydrogens is 480 g/mol. The molecule has 0 N–H and O–H groups in total. The molecule has 2 aliphatic rings. The third-order valence-electron chi connectivity index (χ3n) is 8.39. The molecule has 0 unspecified atom stereocenters. The van der Waals surface area contributed by atoms with E-state index in [0.29, 0.717) is 23.1 Å². The second kappa shape index (κ2) is 11.8. The quantitative estimate of drug-likeness (QED) is 0.194. The number of ether oxygens (including phenoxy) is 1. The summed E-state index contributed by atoms with van der Waals surface area (Å²) < 4.78 is 6.01. The molecule has 0 saturated carbocycles. The van der Waals surface area contributed by atoms with Gasteiger partial charge in [0.25, 0.3) is 0 Å². The lowest BCUT2D eigenvalue weighted by molar-refractivity contribution is 0.0735. The lowest BCUT2D eigenvalue weighted by Gasteiger charge is -2.37. The molecule has 0 aromatic heterocycles. The molecule has 198 valence electrons. The zero-order valence-electron chi connectivity index (χ0n) is 22.4. The number of esters is 1. The van der Waals surface area contributed by atoms with Gasteiger partial charge in [0.15, 0.2) is 5.75 Å². The van der Waals surface area contributed by atoms with Crippen LogP contribution in [0, 0.1) is 0 Å². The number of anilines is 2. The molecule has 6 rings (SSSR count). The smallest absolute Gasteiger partial charge is 0.343 e. The van der Waals surface area contributed by atoms with Crippen LogP contribution in [0.5, 0.6) is 5.75 Å². The van der Waals surface area contributed by atoms with Crippen LogP contribution in [0.3, 0.4) is 0 Å². The molecule has 0 amide bonds. The molecule has 2 fully saturated rings. The van der Waals surface area contributed by atoms with Crippen molar-refractivity contribution in [1.29, 1.82) is 0 Å². The van der Waals surface area contributed by atoms with E-state index in [1.807, 2.05) is 24.3 Å². The van der Waals surface area contributed by atoms with Gasteiger partial charge in [-0.2, -0.15) is 0 Å². The molecule has 0 spiro atoms. The summed E-state index contributed by atoms with van der Waals surface area (Å²) in [6.07, 6.45) is 4.46. The highest BCUT2D eigenvalue weighted by atomic mass is 16.5. The van der Waals surface area contributed by atoms with Crippen molar-refractivity contribution in [2.75, 3.05) is 36.0 Å². The third-order valence-corrected chi connectivity index (χ3v) is 8.39. The third kappa shape index (κ3) is 5.85. The highest BCUT2D eigenvalue weighted by Crippen LogP contribution is 2.39. The standard InChI is InChI=1S/C35H36N2O2/c38-35(31-14-8-3-9-15-31)39-34-17-16-32(36-22-18-29(19-23-36)27-10-4-1-5-11-27)26-33(34)37-24-20-30(21-25-37)28-12-6-2-7-13-28/h1-17,26,29-30H,18-25H2. The maximum atomic E-state index is 13.0. The van der Waals surface area contributed by atoms with Crippen LogP contribution in [0.1, 0.15) is 59.0 Å². The van der Waals surface area contributed by atoms with Crippen molar-refractivity contribution < 1.29 is 9.53 Å². The zero-order chi connectivity index (χ0) is 26.4. The van der Waals surface area contributed by atoms with E-state index in [2.05, 4.69) is 82.6 Å². The zero-order valence-corrected chi connectivity index (χ0v) is 22.4. The molecule has 0 aliphatic carbocycles. The summed E-state index contributed by atoms with van der Waals surface area (Å²) in [7, 11) is 0. The Balaban J connectivity index is 1.21. The number of rotatable bonds is 6. The van der Waals surface area contributed by atoms with Crippen LogP contribution < -0.4 is 14.5 Å². The van der Waals surface area contributed by atoms with Crippen molar-refractivity contribution in [2.24, 2.45) is 0 Å². The average molecular weight is 517 g/mol. The van der Waals surface area contributed by atoms with Crippen LogP contribution in [0.15, 0.2) is 109 Å². The topological polar surface area (TPSA) is 32.8 Å². The lowest BCUT2D eigenvalue weighted by Crippen LogP contribution is -2.35. The van der Waals surface area contributed by atoms with E-state index < -0.39 is 0 Å². The van der Waals surface area contributed by atoms with Gasteiger partial charge in [-0.15, -0.1) is 0 Å². The predicted octanol–water partition coefficient (Wildman–Crippen LogP) is 7.67. The Morgan fingerprint density at radius 2 is 1.08 bits per heavy atom. The molecule has 0 atom stereocenters. The Hall–Kier alpha value is -4.05. The van der Waals surface area contributed by atoms with Crippen LogP contribution in [-0.4, -0.2) is 32.1 Å². The maximum Gasteiger partial charge on any atom is 0.343 e. The summed E-state index contributed by atoms with van der Waals surface area (Å²) in [6, 6.07) is 37.4. The van der Waals surface area contributed by atoms with Crippen molar-refractivity contribution in [3.05, 3.63) is 126 Å². The second-order valence-electron chi connectivity index (χ2n) is 10.8. The van der Waals surface area contributed by atoms with Gasteiger partial charge in [-0.1, -0.05) is 78.9 Å². The molecule has 4 nitrogen and oxygen atoms in total. The van der Waals surface area contributed by atoms with Crippen molar-refractivity contribution in [1.82, 2.24) is 0 Å². The average Bonchev–Trinajstić information content (AvgIpc) is 3.03. The molecule has 0 radical (unpaired) electrons. The summed E-state index contributed by atoms with van der Waals surface area (Å²) in [5.41, 5.74) is 5.66. The Labute approximate surface area is 231 Å². The fraction of sp³-hybridized carbons (Fsp3) is 0.286. The van der Waals surface area contributed by atoms with Gasteiger partial charge in [0.05, 0.1) is 11.3 Å². The van der Waals surface area contributed by atoms with Gasteiger partial charge in [0, 0.05) is 31.9 Å². The Morgan fingerprint density at radius 1 is 0.590 bits per heavy atom. The van der Waals surface area contributed by atoms with Crippen molar-refractivity contribution in [2.45, 2.75) is 37.5 Å². The van der Waals surface area contributed by atoms with E-state index in [4.69, 9.17) is 4.74 Å². The summed E-state index contributed by atoms with van der Waals surface area (Å²) in [5.74, 6) is 1.51. The van der Waals surface area contributed by atoms with Gasteiger partial charge < -0.3 is 14.5 Å². The number of nitrogens with zero attached hydrogens (tertiary/aromatic N) is 2. The van der Waals surface area contributed by atoms with Gasteiger partial charge in [-0.05, 0) is 79.0 Å². The minimum absolute atomic E-state index is 0.313. The van der Waals surface area contributed by atoms with Crippen LogP contribution >= 0.6 is 0 Å². The number of hydrogen-bond donors (Lipinski definition) is 0. The summed E-state index contributed by atoms with van der Waals surface area (Å²) >= 11 is 0. The van der Waals surface area contributed by atoms with E-state index >= 15 is 0 Å². The minimum atomic E-state index is -0.313.